The van der Waals surface area contributed by atoms with Gasteiger partial charge in [0.1, 0.15) is 0 Å². The first-order valence-corrected chi connectivity index (χ1v) is 7.99. The first-order chi connectivity index (χ1) is 9.32. The third-order valence-electron chi connectivity index (χ3n) is 3.47. The summed E-state index contributed by atoms with van der Waals surface area (Å²) >= 11 is 0. The minimum atomic E-state index is 0. The van der Waals surface area contributed by atoms with Gasteiger partial charge in [0.2, 0.25) is 0 Å². The SMILES string of the molecule is CNCCC(C)(C)OCC[C-](C)C.[CH2-]CC(C[CH2-])CC.[Li+]. The summed E-state index contributed by atoms with van der Waals surface area (Å²) in [6.07, 6.45) is 5.45. The smallest absolute Gasteiger partial charge is 0.378 e. The fourth-order valence-electron chi connectivity index (χ4n) is 1.58. The summed E-state index contributed by atoms with van der Waals surface area (Å²) in [5.74, 6) is 2.20. The maximum absolute atomic E-state index is 5.78. The van der Waals surface area contributed by atoms with Gasteiger partial charge in [0.25, 0.3) is 0 Å². The van der Waals surface area contributed by atoms with Crippen molar-refractivity contribution in [1.29, 1.82) is 0 Å². The topological polar surface area (TPSA) is 21.3 Å². The van der Waals surface area contributed by atoms with E-state index in [0.29, 0.717) is 0 Å². The summed E-state index contributed by atoms with van der Waals surface area (Å²) in [6.45, 7) is 20.2. The van der Waals surface area contributed by atoms with E-state index in [1.54, 1.807) is 0 Å². The molecule has 0 aliphatic heterocycles. The van der Waals surface area contributed by atoms with Crippen LogP contribution in [0.25, 0.3) is 0 Å². The molecule has 0 fully saturated rings. The minimum Gasteiger partial charge on any atom is -0.378 e. The van der Waals surface area contributed by atoms with Crippen LogP contribution in [-0.2, 0) is 4.74 Å². The van der Waals surface area contributed by atoms with Crippen molar-refractivity contribution in [3.8, 4) is 0 Å². The molecule has 2 nitrogen and oxygen atoms in total. The van der Waals surface area contributed by atoms with Gasteiger partial charge in [-0.15, -0.1) is 0 Å². The summed E-state index contributed by atoms with van der Waals surface area (Å²) in [5.41, 5.74) is 0.0124. The Balaban J connectivity index is -0.000000347. The molecule has 3 heteroatoms. The molecule has 0 unspecified atom stereocenters. The minimum absolute atomic E-state index is 0. The molecule has 0 spiro atoms. The molecule has 0 amide bonds. The zero-order valence-electron chi connectivity index (χ0n) is 15.8. The van der Waals surface area contributed by atoms with Crippen molar-refractivity contribution in [3.05, 3.63) is 19.8 Å². The molecule has 0 aromatic rings. The molecule has 0 heterocycles. The Morgan fingerprint density at radius 1 is 1.19 bits per heavy atom. The molecule has 0 rings (SSSR count). The third kappa shape index (κ3) is 20.5. The van der Waals surface area contributed by atoms with Gasteiger partial charge in [0, 0.05) is 6.61 Å². The second kappa shape index (κ2) is 16.9. The van der Waals surface area contributed by atoms with Crippen molar-refractivity contribution in [1.82, 2.24) is 5.32 Å². The van der Waals surface area contributed by atoms with E-state index < -0.39 is 0 Å². The molecule has 0 atom stereocenters. The Kier molecular flexibility index (Phi) is 21.2. The molecule has 0 radical (unpaired) electrons. The van der Waals surface area contributed by atoms with Gasteiger partial charge in [0.05, 0.1) is 5.60 Å². The molecule has 0 aliphatic rings. The standard InChI is InChI=1S/C11H24NO.C7H14.Li/c1-10(2)6-9-13-11(3,4)7-8-12-5;1-4-7(5-2)6-3;/h12H,6-9H2,1-5H3;7H,1-2,4-6H2,3H3;/q-1;-2;+1. The molecular weight excluding hydrogens is 253 g/mol. The molecule has 0 aromatic heterocycles. The molecule has 0 aromatic carbocycles. The zero-order chi connectivity index (χ0) is 16.0. The van der Waals surface area contributed by atoms with E-state index in [-0.39, 0.29) is 24.5 Å². The zero-order valence-corrected chi connectivity index (χ0v) is 15.8. The maximum Gasteiger partial charge on any atom is 1.00 e. The van der Waals surface area contributed by atoms with Crippen LogP contribution in [0.2, 0.25) is 0 Å². The fraction of sp³-hybridized carbons (Fsp3) is 0.833. The van der Waals surface area contributed by atoms with E-state index in [0.717, 1.165) is 44.8 Å². The molecule has 0 saturated carbocycles. The molecule has 1 N–H and O–H groups in total. The van der Waals surface area contributed by atoms with Crippen LogP contribution < -0.4 is 24.2 Å². The van der Waals surface area contributed by atoms with E-state index in [1.807, 2.05) is 7.05 Å². The second-order valence-corrected chi connectivity index (χ2v) is 6.27. The largest absolute Gasteiger partial charge is 1.00 e. The predicted molar refractivity (Wildman–Crippen MR) is 91.5 cm³/mol. The van der Waals surface area contributed by atoms with Gasteiger partial charge in [-0.25, -0.2) is 0 Å². The number of ether oxygens (including phenoxy) is 1. The molecule has 0 bridgehead atoms. The van der Waals surface area contributed by atoms with Crippen molar-refractivity contribution < 1.29 is 23.6 Å². The number of nitrogens with one attached hydrogen (secondary N) is 1. The first kappa shape index (κ1) is 26.4. The average molecular weight is 291 g/mol. The van der Waals surface area contributed by atoms with E-state index in [1.165, 1.54) is 12.3 Å². The second-order valence-electron chi connectivity index (χ2n) is 6.27. The van der Waals surface area contributed by atoms with Crippen LogP contribution in [0.4, 0.5) is 0 Å². The van der Waals surface area contributed by atoms with Crippen LogP contribution in [0.15, 0.2) is 0 Å². The molecule has 21 heavy (non-hydrogen) atoms. The summed E-state index contributed by atoms with van der Waals surface area (Å²) in [4.78, 5) is 0. The molecule has 0 saturated heterocycles. The van der Waals surface area contributed by atoms with Crippen LogP contribution in [0.1, 0.15) is 66.7 Å². The average Bonchev–Trinajstić information content (AvgIpc) is 2.38. The Bertz CT molecular complexity index is 186. The van der Waals surface area contributed by atoms with Crippen LogP contribution in [0.5, 0.6) is 0 Å². The normalized spacial score (nSPS) is 11.1. The maximum atomic E-state index is 5.78. The molecule has 0 aliphatic carbocycles. The number of rotatable bonds is 10. The molecule has 124 valence electrons. The van der Waals surface area contributed by atoms with Gasteiger partial charge in [-0.2, -0.15) is 33.1 Å². The quantitative estimate of drug-likeness (QED) is 0.490. The number of hydrogen-bond acceptors (Lipinski definition) is 2. The van der Waals surface area contributed by atoms with Crippen LogP contribution in [0.3, 0.4) is 0 Å². The Morgan fingerprint density at radius 3 is 2.00 bits per heavy atom. The van der Waals surface area contributed by atoms with Gasteiger partial charge in [0.15, 0.2) is 0 Å². The Hall–Kier alpha value is 0.517. The fourth-order valence-corrected chi connectivity index (χ4v) is 1.58. The summed E-state index contributed by atoms with van der Waals surface area (Å²) < 4.78 is 5.78. The van der Waals surface area contributed by atoms with Crippen molar-refractivity contribution in [2.45, 2.75) is 72.3 Å². The summed E-state index contributed by atoms with van der Waals surface area (Å²) in [6, 6.07) is 0. The molecular formula is C18H38LiNO-2. The van der Waals surface area contributed by atoms with E-state index >= 15 is 0 Å². The van der Waals surface area contributed by atoms with Crippen molar-refractivity contribution in [2.75, 3.05) is 20.2 Å². The Labute approximate surface area is 147 Å². The van der Waals surface area contributed by atoms with Gasteiger partial charge in [-0.1, -0.05) is 19.3 Å². The van der Waals surface area contributed by atoms with Crippen molar-refractivity contribution >= 4 is 0 Å². The first-order valence-electron chi connectivity index (χ1n) is 7.99. The summed E-state index contributed by atoms with van der Waals surface area (Å²) in [5, 5.41) is 3.14. The third-order valence-corrected chi connectivity index (χ3v) is 3.47. The van der Waals surface area contributed by atoms with E-state index in [4.69, 9.17) is 4.74 Å². The number of hydrogen-bond donors (Lipinski definition) is 1. The van der Waals surface area contributed by atoms with E-state index in [9.17, 15) is 0 Å². The van der Waals surface area contributed by atoms with Crippen LogP contribution >= 0.6 is 0 Å². The monoisotopic (exact) mass is 291 g/mol. The van der Waals surface area contributed by atoms with Gasteiger partial charge >= 0.3 is 18.9 Å². The van der Waals surface area contributed by atoms with Crippen LogP contribution in [0, 0.1) is 25.7 Å². The van der Waals surface area contributed by atoms with E-state index in [2.05, 4.69) is 53.8 Å². The van der Waals surface area contributed by atoms with Crippen LogP contribution in [-0.4, -0.2) is 25.8 Å². The van der Waals surface area contributed by atoms with Gasteiger partial charge in [-0.3, -0.25) is 0 Å². The van der Waals surface area contributed by atoms with Crippen molar-refractivity contribution in [3.63, 3.8) is 0 Å². The van der Waals surface area contributed by atoms with Gasteiger partial charge in [-0.05, 0) is 33.9 Å². The van der Waals surface area contributed by atoms with Crippen molar-refractivity contribution in [2.24, 2.45) is 5.92 Å². The summed E-state index contributed by atoms with van der Waals surface area (Å²) in [7, 11) is 1.97. The predicted octanol–water partition coefficient (Wildman–Crippen LogP) is 1.86. The Morgan fingerprint density at radius 2 is 1.71 bits per heavy atom. The van der Waals surface area contributed by atoms with Gasteiger partial charge < -0.3 is 29.8 Å².